The molecule has 12 aromatic rings. The molecule has 0 radical (unpaired) electrons. The minimum absolute atomic E-state index is 0.516. The van der Waals surface area contributed by atoms with Crippen LogP contribution in [-0.2, 0) is 0 Å². The van der Waals surface area contributed by atoms with Crippen LogP contribution < -0.4 is 0 Å². The smallest absolute Gasteiger partial charge is 0.165 e. The molecule has 0 amide bonds. The Kier molecular flexibility index (Phi) is 10.1. The fraction of sp³-hybridized carbons (Fsp3) is 0.0938. The third-order valence-corrected chi connectivity index (χ3v) is 14.2. The summed E-state index contributed by atoms with van der Waals surface area (Å²) in [6.45, 7) is 12.5. The van der Waals surface area contributed by atoms with Crippen molar-refractivity contribution in [3.63, 3.8) is 0 Å². The molecule has 12 rings (SSSR count). The van der Waals surface area contributed by atoms with Gasteiger partial charge in [-0.05, 0) is 145 Å². The summed E-state index contributed by atoms with van der Waals surface area (Å²) in [6.07, 6.45) is 0. The average Bonchev–Trinajstić information content (AvgIpc) is 3.87. The van der Waals surface area contributed by atoms with Crippen LogP contribution in [0.15, 0.2) is 182 Å². The van der Waals surface area contributed by atoms with Gasteiger partial charge < -0.3 is 9.13 Å². The summed E-state index contributed by atoms with van der Waals surface area (Å²) < 4.78 is 4.63. The Bertz CT molecular complexity index is 3930. The molecule has 334 valence electrons. The molecular weight excluding hydrogens is 853 g/mol. The first kappa shape index (κ1) is 42.4. The molecule has 0 aliphatic heterocycles. The van der Waals surface area contributed by atoms with Crippen LogP contribution >= 0.6 is 0 Å². The lowest BCUT2D eigenvalue weighted by Gasteiger charge is -2.19. The molecule has 3 heterocycles. The van der Waals surface area contributed by atoms with E-state index in [0.717, 1.165) is 93.9 Å². The molecule has 0 saturated heterocycles. The van der Waals surface area contributed by atoms with Gasteiger partial charge in [0.1, 0.15) is 17.7 Å². The van der Waals surface area contributed by atoms with Crippen molar-refractivity contribution in [1.82, 2.24) is 24.1 Å². The van der Waals surface area contributed by atoms with Gasteiger partial charge in [0.2, 0.25) is 0 Å². The van der Waals surface area contributed by atoms with E-state index in [1.54, 1.807) is 0 Å². The molecular formula is C64H48N6. The average molecular weight is 901 g/mol. The normalized spacial score (nSPS) is 11.6. The van der Waals surface area contributed by atoms with Gasteiger partial charge in [-0.15, -0.1) is 0 Å². The summed E-state index contributed by atoms with van der Waals surface area (Å²) in [5, 5.41) is 16.0. The molecule has 6 heteroatoms. The lowest BCUT2D eigenvalue weighted by molar-refractivity contribution is 0.926. The van der Waals surface area contributed by atoms with Gasteiger partial charge in [-0.3, -0.25) is 0 Å². The van der Waals surface area contributed by atoms with E-state index in [2.05, 4.69) is 230 Å². The molecule has 6 nitrogen and oxygen atoms in total. The lowest BCUT2D eigenvalue weighted by Crippen LogP contribution is -2.07. The first-order chi connectivity index (χ1) is 34.1. The second-order valence-corrected chi connectivity index (χ2v) is 18.6. The van der Waals surface area contributed by atoms with Gasteiger partial charge in [0.15, 0.2) is 5.82 Å². The van der Waals surface area contributed by atoms with Crippen LogP contribution in [0.4, 0.5) is 0 Å². The molecule has 0 spiro atoms. The van der Waals surface area contributed by atoms with Gasteiger partial charge in [-0.2, -0.15) is 5.26 Å². The third-order valence-electron chi connectivity index (χ3n) is 14.2. The first-order valence-electron chi connectivity index (χ1n) is 23.8. The number of fused-ring (bicyclic) bond motifs is 6. The largest absolute Gasteiger partial charge is 0.308 e. The van der Waals surface area contributed by atoms with Crippen molar-refractivity contribution in [3.8, 4) is 73.3 Å². The monoisotopic (exact) mass is 900 g/mol. The van der Waals surface area contributed by atoms with E-state index in [1.165, 1.54) is 33.4 Å². The standard InChI is InChI=1S/C64H48N6/c1-38-15-7-11-19-49(38)44-23-27-53-54-28-24-45(50-20-12-8-16-39(50)2)32-60(54)69(59(53)31-44)58-36-57(64-67-42(5)66-43(6)68-64)63(35-48(58)37-65)70-61-33-46(51-21-13-9-17-40(51)3)25-29-55(61)56-30-26-47(34-62(56)70)52-22-14-10-18-41(52)4/h7-36H,1-6H3. The maximum absolute atomic E-state index is 11.6. The van der Waals surface area contributed by atoms with Crippen molar-refractivity contribution < 1.29 is 0 Å². The Hall–Kier alpha value is -8.92. The lowest BCUT2D eigenvalue weighted by atomic mass is 9.98. The fourth-order valence-corrected chi connectivity index (χ4v) is 10.8. The van der Waals surface area contributed by atoms with E-state index in [9.17, 15) is 5.26 Å². The zero-order chi connectivity index (χ0) is 47.8. The Balaban J connectivity index is 1.22. The molecule has 0 unspecified atom stereocenters. The summed E-state index contributed by atoms with van der Waals surface area (Å²) in [7, 11) is 0. The van der Waals surface area contributed by atoms with E-state index in [1.807, 2.05) is 13.8 Å². The summed E-state index contributed by atoms with van der Waals surface area (Å²) in [4.78, 5) is 14.8. The maximum atomic E-state index is 11.6. The second kappa shape index (κ2) is 16.7. The minimum atomic E-state index is 0.516. The van der Waals surface area contributed by atoms with E-state index >= 15 is 0 Å². The summed E-state index contributed by atoms with van der Waals surface area (Å²) in [5.74, 6) is 1.77. The zero-order valence-corrected chi connectivity index (χ0v) is 40.0. The minimum Gasteiger partial charge on any atom is -0.308 e. The highest BCUT2D eigenvalue weighted by molar-refractivity contribution is 6.13. The number of rotatable bonds is 7. The van der Waals surface area contributed by atoms with E-state index < -0.39 is 0 Å². The number of nitriles is 1. The molecule has 0 bridgehead atoms. The quantitative estimate of drug-likeness (QED) is 0.160. The fourth-order valence-electron chi connectivity index (χ4n) is 10.8. The van der Waals surface area contributed by atoms with Gasteiger partial charge in [0.05, 0.1) is 39.0 Å². The molecule has 3 aromatic heterocycles. The summed E-state index contributed by atoms with van der Waals surface area (Å²) in [5.41, 5.74) is 20.7. The third kappa shape index (κ3) is 6.97. The Morgan fingerprint density at radius 3 is 1.00 bits per heavy atom. The van der Waals surface area contributed by atoms with Crippen LogP contribution in [0.2, 0.25) is 0 Å². The Labute approximate surface area is 407 Å². The highest BCUT2D eigenvalue weighted by atomic mass is 15.1. The zero-order valence-electron chi connectivity index (χ0n) is 40.0. The second-order valence-electron chi connectivity index (χ2n) is 18.6. The number of nitrogens with zero attached hydrogens (tertiary/aromatic N) is 6. The topological polar surface area (TPSA) is 72.3 Å². The Morgan fingerprint density at radius 1 is 0.343 bits per heavy atom. The number of hydrogen-bond acceptors (Lipinski definition) is 4. The van der Waals surface area contributed by atoms with E-state index in [0.29, 0.717) is 23.0 Å². The van der Waals surface area contributed by atoms with Crippen LogP contribution in [0.3, 0.4) is 0 Å². The van der Waals surface area contributed by atoms with Crippen LogP contribution in [0, 0.1) is 52.9 Å². The molecule has 0 aliphatic carbocycles. The van der Waals surface area contributed by atoms with Gasteiger partial charge >= 0.3 is 0 Å². The van der Waals surface area contributed by atoms with E-state index in [-0.39, 0.29) is 0 Å². The Morgan fingerprint density at radius 2 is 0.671 bits per heavy atom. The van der Waals surface area contributed by atoms with E-state index in [4.69, 9.17) is 9.97 Å². The summed E-state index contributed by atoms with van der Waals surface area (Å²) >= 11 is 0. The van der Waals surface area contributed by atoms with Gasteiger partial charge in [-0.1, -0.05) is 146 Å². The molecule has 9 aromatic carbocycles. The van der Waals surface area contributed by atoms with Gasteiger partial charge in [0, 0.05) is 27.1 Å². The van der Waals surface area contributed by atoms with Crippen molar-refractivity contribution in [2.45, 2.75) is 41.5 Å². The van der Waals surface area contributed by atoms with Gasteiger partial charge in [0.25, 0.3) is 0 Å². The van der Waals surface area contributed by atoms with Crippen LogP contribution in [0.25, 0.3) is 111 Å². The van der Waals surface area contributed by atoms with Crippen molar-refractivity contribution >= 4 is 43.6 Å². The molecule has 0 aliphatic rings. The predicted octanol–water partition coefficient (Wildman–Crippen LogP) is 16.1. The number of hydrogen-bond donors (Lipinski definition) is 0. The highest BCUT2D eigenvalue weighted by Crippen LogP contribution is 2.44. The molecule has 0 N–H and O–H groups in total. The van der Waals surface area contributed by atoms with Crippen LogP contribution in [-0.4, -0.2) is 24.1 Å². The number of aromatic nitrogens is 5. The molecule has 70 heavy (non-hydrogen) atoms. The first-order valence-corrected chi connectivity index (χ1v) is 23.8. The van der Waals surface area contributed by atoms with Crippen molar-refractivity contribution in [3.05, 3.63) is 221 Å². The molecule has 0 atom stereocenters. The molecule has 0 fully saturated rings. The summed E-state index contributed by atoms with van der Waals surface area (Å²) in [6, 6.07) is 68.0. The van der Waals surface area contributed by atoms with Crippen LogP contribution in [0.5, 0.6) is 0 Å². The SMILES string of the molecule is Cc1nc(C)nc(-c2cc(-n3c4cc(-c5ccccc5C)ccc4c4ccc(-c5ccccc5C)cc43)c(C#N)cc2-n2c3cc(-c4ccccc4C)ccc3c3ccc(-c4ccccc4C)cc32)n1. The number of aryl methyl sites for hydroxylation is 6. The molecule has 0 saturated carbocycles. The predicted molar refractivity (Wildman–Crippen MR) is 289 cm³/mol. The van der Waals surface area contributed by atoms with Gasteiger partial charge in [-0.25, -0.2) is 15.0 Å². The maximum Gasteiger partial charge on any atom is 0.165 e. The highest BCUT2D eigenvalue weighted by Gasteiger charge is 2.25. The number of benzene rings is 9. The van der Waals surface area contributed by atoms with Crippen LogP contribution in [0.1, 0.15) is 39.5 Å². The van der Waals surface area contributed by atoms with Crippen molar-refractivity contribution in [2.24, 2.45) is 0 Å². The van der Waals surface area contributed by atoms with Crippen molar-refractivity contribution in [2.75, 3.05) is 0 Å². The van der Waals surface area contributed by atoms with Crippen molar-refractivity contribution in [1.29, 1.82) is 5.26 Å².